The van der Waals surface area contributed by atoms with Crippen molar-refractivity contribution >= 4 is 33.4 Å². The molecule has 0 heterocycles. The summed E-state index contributed by atoms with van der Waals surface area (Å²) < 4.78 is 16.9. The third kappa shape index (κ3) is 6.48. The van der Waals surface area contributed by atoms with Gasteiger partial charge in [-0.05, 0) is 65.3 Å². The van der Waals surface area contributed by atoms with Crippen LogP contribution in [0, 0.1) is 0 Å². The van der Waals surface area contributed by atoms with E-state index in [-0.39, 0.29) is 18.6 Å². The van der Waals surface area contributed by atoms with Crippen molar-refractivity contribution < 1.29 is 19.0 Å². The predicted octanol–water partition coefficient (Wildman–Crippen LogP) is 4.07. The van der Waals surface area contributed by atoms with Crippen molar-refractivity contribution in [1.82, 2.24) is 5.32 Å². The highest BCUT2D eigenvalue weighted by Gasteiger charge is 2.10. The Morgan fingerprint density at radius 2 is 1.84 bits per heavy atom. The molecule has 1 atom stereocenters. The Hall–Kier alpha value is -1.92. The minimum atomic E-state index is -0.229. The highest BCUT2D eigenvalue weighted by Crippen LogP contribution is 2.27. The van der Waals surface area contributed by atoms with E-state index in [1.807, 2.05) is 31.2 Å². The van der Waals surface area contributed by atoms with E-state index in [0.29, 0.717) is 27.6 Å². The van der Waals surface area contributed by atoms with E-state index < -0.39 is 0 Å². The first kappa shape index (κ1) is 19.4. The molecule has 2 rings (SSSR count). The van der Waals surface area contributed by atoms with Crippen molar-refractivity contribution in [3.63, 3.8) is 0 Å². The third-order valence-electron chi connectivity index (χ3n) is 3.22. The maximum absolute atomic E-state index is 12.0. The number of amides is 1. The summed E-state index contributed by atoms with van der Waals surface area (Å²) in [5.41, 5.74) is 0. The zero-order valence-electron chi connectivity index (χ0n) is 13.9. The van der Waals surface area contributed by atoms with Crippen molar-refractivity contribution in [3.8, 4) is 17.2 Å². The Morgan fingerprint density at radius 1 is 1.16 bits per heavy atom. The van der Waals surface area contributed by atoms with E-state index in [4.69, 9.17) is 25.8 Å². The highest BCUT2D eigenvalue weighted by atomic mass is 79.9. The van der Waals surface area contributed by atoms with Gasteiger partial charge in [-0.2, -0.15) is 0 Å². The molecule has 0 spiro atoms. The van der Waals surface area contributed by atoms with Crippen LogP contribution in [0.3, 0.4) is 0 Å². The van der Waals surface area contributed by atoms with Crippen LogP contribution < -0.4 is 19.5 Å². The monoisotopic (exact) mass is 427 g/mol. The summed E-state index contributed by atoms with van der Waals surface area (Å²) in [5.74, 6) is 1.80. The molecule has 134 valence electrons. The van der Waals surface area contributed by atoms with Gasteiger partial charge in [-0.1, -0.05) is 11.6 Å². The van der Waals surface area contributed by atoms with Crippen molar-refractivity contribution in [2.75, 3.05) is 20.3 Å². The van der Waals surface area contributed by atoms with Crippen LogP contribution in [0.25, 0.3) is 0 Å². The number of halogens is 2. The fourth-order valence-electron chi connectivity index (χ4n) is 1.99. The first-order valence-corrected chi connectivity index (χ1v) is 8.79. The highest BCUT2D eigenvalue weighted by molar-refractivity contribution is 9.10. The molecule has 2 aromatic rings. The smallest absolute Gasteiger partial charge is 0.258 e. The zero-order valence-corrected chi connectivity index (χ0v) is 16.3. The summed E-state index contributed by atoms with van der Waals surface area (Å²) in [6.07, 6.45) is 0. The second-order valence-electron chi connectivity index (χ2n) is 5.32. The van der Waals surface area contributed by atoms with Crippen molar-refractivity contribution in [1.29, 1.82) is 0 Å². The fraction of sp³-hybridized carbons (Fsp3) is 0.278. The average molecular weight is 429 g/mol. The summed E-state index contributed by atoms with van der Waals surface area (Å²) in [7, 11) is 1.61. The van der Waals surface area contributed by atoms with Crippen LogP contribution in [0.4, 0.5) is 0 Å². The Morgan fingerprint density at radius 3 is 2.48 bits per heavy atom. The molecule has 7 heteroatoms. The number of hydrogen-bond acceptors (Lipinski definition) is 4. The second kappa shape index (κ2) is 9.53. The number of carbonyl (C=O) groups is 1. The van der Waals surface area contributed by atoms with Gasteiger partial charge in [-0.15, -0.1) is 0 Å². The van der Waals surface area contributed by atoms with Crippen LogP contribution in [0.15, 0.2) is 46.9 Å². The van der Waals surface area contributed by atoms with E-state index in [9.17, 15) is 4.79 Å². The topological polar surface area (TPSA) is 56.8 Å². The summed E-state index contributed by atoms with van der Waals surface area (Å²) in [6.45, 7) is 2.12. The van der Waals surface area contributed by atoms with E-state index in [0.717, 1.165) is 5.75 Å². The Balaban J connectivity index is 1.73. The van der Waals surface area contributed by atoms with Gasteiger partial charge in [-0.3, -0.25) is 4.79 Å². The summed E-state index contributed by atoms with van der Waals surface area (Å²) in [4.78, 5) is 12.0. The van der Waals surface area contributed by atoms with E-state index in [1.165, 1.54) is 0 Å². The Labute approximate surface area is 160 Å². The SMILES string of the molecule is COc1ccc(OC[C@H](C)NC(=O)COc2ccc(Cl)cc2Br)cc1. The number of benzene rings is 2. The first-order valence-electron chi connectivity index (χ1n) is 7.62. The Bertz CT molecular complexity index is 709. The molecule has 1 amide bonds. The van der Waals surface area contributed by atoms with Crippen molar-refractivity contribution in [2.45, 2.75) is 13.0 Å². The average Bonchev–Trinajstić information content (AvgIpc) is 2.59. The molecule has 0 fully saturated rings. The van der Waals surface area contributed by atoms with Crippen LogP contribution in [-0.2, 0) is 4.79 Å². The number of rotatable bonds is 8. The molecular weight excluding hydrogens is 410 g/mol. The molecule has 0 saturated carbocycles. The minimum absolute atomic E-state index is 0.0902. The Kier molecular flexibility index (Phi) is 7.40. The van der Waals surface area contributed by atoms with Gasteiger partial charge in [0.1, 0.15) is 23.9 Å². The molecule has 1 N–H and O–H groups in total. The van der Waals surface area contributed by atoms with Crippen LogP contribution in [0.5, 0.6) is 17.2 Å². The molecular formula is C18H19BrClNO4. The number of methoxy groups -OCH3 is 1. The predicted molar refractivity (Wildman–Crippen MR) is 101 cm³/mol. The normalized spacial score (nSPS) is 11.5. The van der Waals surface area contributed by atoms with Gasteiger partial charge in [0.15, 0.2) is 6.61 Å². The van der Waals surface area contributed by atoms with E-state index in [2.05, 4.69) is 21.2 Å². The van der Waals surface area contributed by atoms with Gasteiger partial charge < -0.3 is 19.5 Å². The number of carbonyl (C=O) groups excluding carboxylic acids is 1. The van der Waals surface area contributed by atoms with Gasteiger partial charge in [0.05, 0.1) is 17.6 Å². The number of nitrogens with one attached hydrogen (secondary N) is 1. The maximum Gasteiger partial charge on any atom is 0.258 e. The molecule has 0 saturated heterocycles. The molecule has 0 aliphatic rings. The van der Waals surface area contributed by atoms with Crippen molar-refractivity contribution in [3.05, 3.63) is 52.0 Å². The molecule has 0 aromatic heterocycles. The number of ether oxygens (including phenoxy) is 3. The second-order valence-corrected chi connectivity index (χ2v) is 6.61. The molecule has 25 heavy (non-hydrogen) atoms. The lowest BCUT2D eigenvalue weighted by Crippen LogP contribution is -2.39. The van der Waals surface area contributed by atoms with Gasteiger partial charge >= 0.3 is 0 Å². The first-order chi connectivity index (χ1) is 12.0. The van der Waals surface area contributed by atoms with Gasteiger partial charge in [0.25, 0.3) is 5.91 Å². The summed E-state index contributed by atoms with van der Waals surface area (Å²) in [6, 6.07) is 12.2. The van der Waals surface area contributed by atoms with Gasteiger partial charge in [-0.25, -0.2) is 0 Å². The molecule has 2 aromatic carbocycles. The molecule has 0 bridgehead atoms. The third-order valence-corrected chi connectivity index (χ3v) is 4.07. The molecule has 0 aliphatic carbocycles. The van der Waals surface area contributed by atoms with E-state index >= 15 is 0 Å². The van der Waals surface area contributed by atoms with Crippen LogP contribution in [-0.4, -0.2) is 32.3 Å². The van der Waals surface area contributed by atoms with Gasteiger partial charge in [0.2, 0.25) is 0 Å². The largest absolute Gasteiger partial charge is 0.497 e. The van der Waals surface area contributed by atoms with Crippen LogP contribution in [0.1, 0.15) is 6.92 Å². The molecule has 5 nitrogen and oxygen atoms in total. The molecule has 0 aliphatic heterocycles. The van der Waals surface area contributed by atoms with Gasteiger partial charge in [0, 0.05) is 5.02 Å². The minimum Gasteiger partial charge on any atom is -0.497 e. The fourth-order valence-corrected chi connectivity index (χ4v) is 2.78. The summed E-state index contributed by atoms with van der Waals surface area (Å²) in [5, 5.41) is 3.41. The van der Waals surface area contributed by atoms with Crippen LogP contribution >= 0.6 is 27.5 Å². The van der Waals surface area contributed by atoms with E-state index in [1.54, 1.807) is 25.3 Å². The summed E-state index contributed by atoms with van der Waals surface area (Å²) >= 11 is 9.20. The lowest BCUT2D eigenvalue weighted by atomic mass is 10.3. The maximum atomic E-state index is 12.0. The van der Waals surface area contributed by atoms with Crippen molar-refractivity contribution in [2.24, 2.45) is 0 Å². The quantitative estimate of drug-likeness (QED) is 0.688. The van der Waals surface area contributed by atoms with Crippen LogP contribution in [0.2, 0.25) is 5.02 Å². The standard InChI is InChI=1S/C18H19BrClNO4/c1-12(10-24-15-6-4-14(23-2)5-7-15)21-18(22)11-25-17-8-3-13(20)9-16(17)19/h3-9,12H,10-11H2,1-2H3,(H,21,22)/t12-/m0/s1. The number of hydrogen-bond donors (Lipinski definition) is 1. The lowest BCUT2D eigenvalue weighted by Gasteiger charge is -2.16. The molecule has 0 unspecified atom stereocenters. The lowest BCUT2D eigenvalue weighted by molar-refractivity contribution is -0.123. The zero-order chi connectivity index (χ0) is 18.2. The molecule has 0 radical (unpaired) electrons.